The van der Waals surface area contributed by atoms with Gasteiger partial charge in [0.15, 0.2) is 11.5 Å². The van der Waals surface area contributed by atoms with E-state index in [1.165, 1.54) is 6.08 Å². The molecule has 0 fully saturated rings. The fourth-order valence-corrected chi connectivity index (χ4v) is 2.64. The smallest absolute Gasteiger partial charge is 0.259 e. The summed E-state index contributed by atoms with van der Waals surface area (Å²) >= 11 is 0. The maximum Gasteiger partial charge on any atom is 0.259 e. The number of nitriles is 1. The zero-order valence-electron chi connectivity index (χ0n) is 15.7. The van der Waals surface area contributed by atoms with Crippen molar-refractivity contribution >= 4 is 12.0 Å². The highest BCUT2D eigenvalue weighted by Crippen LogP contribution is 2.31. The molecule has 0 saturated heterocycles. The number of primary amides is 1. The third-order valence-corrected chi connectivity index (χ3v) is 4.14. The van der Waals surface area contributed by atoms with Gasteiger partial charge in [0.25, 0.3) is 5.91 Å². The number of benzene rings is 3. The minimum atomic E-state index is -0.774. The number of hydrogen-bond donors (Lipinski definition) is 1. The van der Waals surface area contributed by atoms with Gasteiger partial charge in [0, 0.05) is 0 Å². The van der Waals surface area contributed by atoms with Gasteiger partial charge in [-0.2, -0.15) is 5.26 Å². The summed E-state index contributed by atoms with van der Waals surface area (Å²) in [5.74, 6) is 0.309. The van der Waals surface area contributed by atoms with Gasteiger partial charge < -0.3 is 15.2 Å². The molecule has 3 aromatic carbocycles. The Labute approximate surface area is 169 Å². The Hall–Kier alpha value is -4.04. The molecule has 0 aliphatic rings. The molecular weight excluding hydrogens is 364 g/mol. The van der Waals surface area contributed by atoms with Crippen molar-refractivity contribution in [2.45, 2.75) is 13.2 Å². The molecular formula is C24H20N2O3. The van der Waals surface area contributed by atoms with Gasteiger partial charge in [-0.1, -0.05) is 66.7 Å². The van der Waals surface area contributed by atoms with Crippen molar-refractivity contribution in [3.63, 3.8) is 0 Å². The molecule has 0 bridgehead atoms. The summed E-state index contributed by atoms with van der Waals surface area (Å²) in [5, 5.41) is 9.07. The van der Waals surface area contributed by atoms with Gasteiger partial charge in [0.2, 0.25) is 0 Å². The summed E-state index contributed by atoms with van der Waals surface area (Å²) in [4.78, 5) is 11.3. The van der Waals surface area contributed by atoms with Gasteiger partial charge >= 0.3 is 0 Å². The lowest BCUT2D eigenvalue weighted by Gasteiger charge is -2.14. The van der Waals surface area contributed by atoms with E-state index in [0.717, 1.165) is 11.1 Å². The largest absolute Gasteiger partial charge is 0.485 e. The van der Waals surface area contributed by atoms with E-state index in [1.54, 1.807) is 24.3 Å². The number of ether oxygens (including phenoxy) is 2. The molecule has 0 aliphatic carbocycles. The third kappa shape index (κ3) is 5.72. The van der Waals surface area contributed by atoms with Crippen LogP contribution in [0.5, 0.6) is 11.5 Å². The van der Waals surface area contributed by atoms with Crippen molar-refractivity contribution in [1.82, 2.24) is 0 Å². The number of rotatable bonds is 8. The van der Waals surface area contributed by atoms with Crippen molar-refractivity contribution < 1.29 is 14.3 Å². The van der Waals surface area contributed by atoms with Crippen LogP contribution in [-0.4, -0.2) is 5.91 Å². The van der Waals surface area contributed by atoms with Crippen LogP contribution in [0.2, 0.25) is 0 Å². The molecule has 0 aliphatic heterocycles. The highest BCUT2D eigenvalue weighted by molar-refractivity contribution is 6.00. The molecule has 0 unspecified atom stereocenters. The molecule has 0 heterocycles. The fraction of sp³-hybridized carbons (Fsp3) is 0.0833. The lowest BCUT2D eigenvalue weighted by molar-refractivity contribution is -0.114. The van der Waals surface area contributed by atoms with E-state index < -0.39 is 5.91 Å². The summed E-state index contributed by atoms with van der Waals surface area (Å²) in [7, 11) is 0. The third-order valence-electron chi connectivity index (χ3n) is 4.14. The standard InChI is InChI=1S/C24H20N2O3/c25-15-21(24(26)27)13-20-11-12-22(28-16-18-7-3-1-4-8-18)23(14-20)29-17-19-9-5-2-6-10-19/h1-14H,16-17H2,(H2,26,27)/b21-13+. The van der Waals surface area contributed by atoms with E-state index in [-0.39, 0.29) is 5.57 Å². The SMILES string of the molecule is N#C/C(=C\c1ccc(OCc2ccccc2)c(OCc2ccccc2)c1)C(N)=O. The van der Waals surface area contributed by atoms with Crippen molar-refractivity contribution in [2.75, 3.05) is 0 Å². The van der Waals surface area contributed by atoms with Crippen LogP contribution in [-0.2, 0) is 18.0 Å². The van der Waals surface area contributed by atoms with Crippen LogP contribution in [0.4, 0.5) is 0 Å². The molecule has 144 valence electrons. The van der Waals surface area contributed by atoms with E-state index in [0.29, 0.717) is 30.3 Å². The number of hydrogen-bond acceptors (Lipinski definition) is 4. The molecule has 1 amide bonds. The van der Waals surface area contributed by atoms with Gasteiger partial charge in [-0.25, -0.2) is 0 Å². The van der Waals surface area contributed by atoms with Crippen LogP contribution < -0.4 is 15.2 Å². The summed E-state index contributed by atoms with van der Waals surface area (Å²) in [6.07, 6.45) is 1.43. The maximum absolute atomic E-state index is 11.3. The average Bonchev–Trinajstić information content (AvgIpc) is 2.76. The fourth-order valence-electron chi connectivity index (χ4n) is 2.64. The van der Waals surface area contributed by atoms with E-state index in [2.05, 4.69) is 0 Å². The molecule has 5 nitrogen and oxygen atoms in total. The topological polar surface area (TPSA) is 85.3 Å². The van der Waals surface area contributed by atoms with Gasteiger partial charge in [0.05, 0.1) is 0 Å². The Balaban J connectivity index is 1.85. The molecule has 2 N–H and O–H groups in total. The molecule has 0 radical (unpaired) electrons. The first-order valence-corrected chi connectivity index (χ1v) is 9.05. The summed E-state index contributed by atoms with van der Waals surface area (Å²) in [6.45, 7) is 0.749. The Bertz CT molecular complexity index is 1040. The van der Waals surface area contributed by atoms with Gasteiger partial charge in [0.1, 0.15) is 24.9 Å². The van der Waals surface area contributed by atoms with Gasteiger partial charge in [-0.15, -0.1) is 0 Å². The second-order valence-electron chi connectivity index (χ2n) is 6.29. The predicted octanol–water partition coefficient (Wildman–Crippen LogP) is 4.24. The molecule has 29 heavy (non-hydrogen) atoms. The number of carbonyl (C=O) groups excluding carboxylic acids is 1. The van der Waals surface area contributed by atoms with E-state index in [4.69, 9.17) is 20.5 Å². The van der Waals surface area contributed by atoms with Crippen LogP contribution in [0.1, 0.15) is 16.7 Å². The maximum atomic E-state index is 11.3. The first-order chi connectivity index (χ1) is 14.2. The Morgan fingerprint density at radius 2 is 1.41 bits per heavy atom. The second-order valence-corrected chi connectivity index (χ2v) is 6.29. The predicted molar refractivity (Wildman–Crippen MR) is 111 cm³/mol. The molecule has 0 atom stereocenters. The molecule has 3 aromatic rings. The van der Waals surface area contributed by atoms with E-state index in [9.17, 15) is 4.79 Å². The highest BCUT2D eigenvalue weighted by atomic mass is 16.5. The van der Waals surface area contributed by atoms with Crippen LogP contribution in [0.3, 0.4) is 0 Å². The van der Waals surface area contributed by atoms with E-state index >= 15 is 0 Å². The number of carbonyl (C=O) groups is 1. The lowest BCUT2D eigenvalue weighted by atomic mass is 10.1. The average molecular weight is 384 g/mol. The normalized spacial score (nSPS) is 10.8. The van der Waals surface area contributed by atoms with E-state index in [1.807, 2.05) is 60.7 Å². The molecule has 0 spiro atoms. The Kier molecular flexibility index (Phi) is 6.64. The minimum absolute atomic E-state index is 0.128. The zero-order chi connectivity index (χ0) is 20.5. The molecule has 3 rings (SSSR count). The van der Waals surface area contributed by atoms with Crippen molar-refractivity contribution in [1.29, 1.82) is 5.26 Å². The zero-order valence-corrected chi connectivity index (χ0v) is 15.7. The first-order valence-electron chi connectivity index (χ1n) is 9.05. The second kappa shape index (κ2) is 9.77. The molecule has 0 saturated carbocycles. The van der Waals surface area contributed by atoms with Crippen molar-refractivity contribution in [3.05, 3.63) is 101 Å². The van der Waals surface area contributed by atoms with Crippen LogP contribution >= 0.6 is 0 Å². The van der Waals surface area contributed by atoms with Crippen molar-refractivity contribution in [3.8, 4) is 17.6 Å². The van der Waals surface area contributed by atoms with Crippen LogP contribution in [0, 0.1) is 11.3 Å². The Morgan fingerprint density at radius 3 is 1.93 bits per heavy atom. The number of nitrogens with zero attached hydrogens (tertiary/aromatic N) is 1. The monoisotopic (exact) mass is 384 g/mol. The molecule has 5 heteroatoms. The first kappa shape index (κ1) is 19.7. The minimum Gasteiger partial charge on any atom is -0.485 e. The number of nitrogens with two attached hydrogens (primary N) is 1. The number of amides is 1. The summed E-state index contributed by atoms with van der Waals surface area (Å²) < 4.78 is 11.9. The van der Waals surface area contributed by atoms with Gasteiger partial charge in [-0.3, -0.25) is 4.79 Å². The molecule has 0 aromatic heterocycles. The summed E-state index contributed by atoms with van der Waals surface area (Å²) in [5.41, 5.74) is 7.76. The quantitative estimate of drug-likeness (QED) is 0.465. The van der Waals surface area contributed by atoms with Crippen LogP contribution in [0.25, 0.3) is 6.08 Å². The Morgan fingerprint density at radius 1 is 0.862 bits per heavy atom. The van der Waals surface area contributed by atoms with Gasteiger partial charge in [-0.05, 0) is 34.9 Å². The van der Waals surface area contributed by atoms with Crippen LogP contribution in [0.15, 0.2) is 84.4 Å². The summed E-state index contributed by atoms with van der Waals surface area (Å²) in [6, 6.07) is 26.6. The lowest BCUT2D eigenvalue weighted by Crippen LogP contribution is -2.12. The highest BCUT2D eigenvalue weighted by Gasteiger charge is 2.10. The van der Waals surface area contributed by atoms with Crippen molar-refractivity contribution in [2.24, 2.45) is 5.73 Å².